The van der Waals surface area contributed by atoms with Gasteiger partial charge in [-0.15, -0.1) is 0 Å². The monoisotopic (exact) mass is 346 g/mol. The second-order valence-corrected chi connectivity index (χ2v) is 6.96. The maximum absolute atomic E-state index is 11.0. The van der Waals surface area contributed by atoms with Gasteiger partial charge >= 0.3 is 0 Å². The molecule has 0 aliphatic heterocycles. The Labute approximate surface area is 151 Å². The highest BCUT2D eigenvalue weighted by Crippen LogP contribution is 2.31. The van der Waals surface area contributed by atoms with Crippen molar-refractivity contribution >= 4 is 0 Å². The first kappa shape index (κ1) is 21.3. The molecule has 138 valence electrons. The molecule has 2 aromatic carbocycles. The van der Waals surface area contributed by atoms with Gasteiger partial charge in [0.25, 0.3) is 0 Å². The molecule has 0 spiro atoms. The van der Waals surface area contributed by atoms with Crippen molar-refractivity contribution in [3.8, 4) is 0 Å². The average Bonchev–Trinajstić information content (AvgIpc) is 2.63. The van der Waals surface area contributed by atoms with Crippen LogP contribution in [-0.2, 0) is 21.0 Å². The molecule has 0 atom stereocenters. The van der Waals surface area contributed by atoms with Crippen molar-refractivity contribution in [2.45, 2.75) is 58.7 Å². The second kappa shape index (κ2) is 10.3. The third-order valence-corrected chi connectivity index (χ3v) is 3.88. The van der Waals surface area contributed by atoms with Crippen molar-refractivity contribution in [1.29, 1.82) is 0 Å². The molecule has 0 unspecified atom stereocenters. The maximum atomic E-state index is 11.0. The van der Waals surface area contributed by atoms with Crippen LogP contribution >= 0.6 is 0 Å². The summed E-state index contributed by atoms with van der Waals surface area (Å²) in [5.41, 5.74) is 1.19. The molecular weight excluding hydrogens is 315 g/mol. The fourth-order valence-corrected chi connectivity index (χ4v) is 2.12. The van der Waals surface area contributed by atoms with Crippen LogP contribution in [0.4, 0.5) is 4.39 Å². The highest BCUT2D eigenvalue weighted by molar-refractivity contribution is 5.22. The van der Waals surface area contributed by atoms with E-state index in [2.05, 4.69) is 0 Å². The van der Waals surface area contributed by atoms with Gasteiger partial charge in [0.2, 0.25) is 0 Å². The number of benzene rings is 2. The molecule has 0 bridgehead atoms. The van der Waals surface area contributed by atoms with Crippen molar-refractivity contribution in [3.05, 3.63) is 71.8 Å². The lowest BCUT2D eigenvalue weighted by Crippen LogP contribution is -2.29. The summed E-state index contributed by atoms with van der Waals surface area (Å²) in [7, 11) is 0. The van der Waals surface area contributed by atoms with Gasteiger partial charge in [-0.2, -0.15) is 0 Å². The number of hydrogen-bond acceptors (Lipinski definition) is 2. The van der Waals surface area contributed by atoms with E-state index < -0.39 is 11.2 Å². The van der Waals surface area contributed by atoms with Gasteiger partial charge in [0.15, 0.2) is 0 Å². The van der Waals surface area contributed by atoms with E-state index in [1.54, 1.807) is 0 Å². The summed E-state index contributed by atoms with van der Waals surface area (Å²) in [6.45, 7) is 9.83. The number of halogens is 1. The van der Waals surface area contributed by atoms with E-state index in [-0.39, 0.29) is 6.67 Å². The third kappa shape index (κ3) is 7.37. The molecule has 0 aromatic heterocycles. The summed E-state index contributed by atoms with van der Waals surface area (Å²) < 4.78 is 11.0. The van der Waals surface area contributed by atoms with Crippen molar-refractivity contribution in [3.63, 3.8) is 0 Å². The van der Waals surface area contributed by atoms with Crippen molar-refractivity contribution in [1.82, 2.24) is 0 Å². The largest absolute Gasteiger partial charge is 0.251 e. The molecule has 0 aliphatic rings. The lowest BCUT2D eigenvalue weighted by Gasteiger charge is -2.31. The zero-order valence-corrected chi connectivity index (χ0v) is 16.1. The smallest absolute Gasteiger partial charge is 0.123 e. The van der Waals surface area contributed by atoms with Crippen LogP contribution in [0.3, 0.4) is 0 Å². The van der Waals surface area contributed by atoms with Gasteiger partial charge in [-0.25, -0.2) is 9.78 Å². The van der Waals surface area contributed by atoms with Crippen LogP contribution in [0, 0.1) is 0 Å². The molecule has 0 radical (unpaired) electrons. The Balaban J connectivity index is 0.000000550. The Bertz CT molecular complexity index is 526. The number of rotatable bonds is 7. The zero-order chi connectivity index (χ0) is 18.8. The normalized spacial score (nSPS) is 11.6. The molecule has 0 N–H and O–H groups in total. The SMILES string of the molecule is CC(C)(OOC(C)(C)c1ccccc1)c1ccccc1.CCCCF. The standard InChI is InChI=1S/C18H22O2.C4H9F/c1-17(2,15-11-7-5-8-12-15)19-20-18(3,4)16-13-9-6-10-14-16;1-2-3-4-5/h5-14H,1-4H3;2-4H2,1H3. The highest BCUT2D eigenvalue weighted by Gasteiger charge is 2.29. The highest BCUT2D eigenvalue weighted by atomic mass is 19.1. The van der Waals surface area contributed by atoms with E-state index in [0.717, 1.165) is 24.0 Å². The Morgan fingerprint density at radius 3 is 1.32 bits per heavy atom. The molecule has 3 heteroatoms. The number of hydrogen-bond donors (Lipinski definition) is 0. The molecule has 2 nitrogen and oxygen atoms in total. The van der Waals surface area contributed by atoms with Crippen LogP contribution in [0.2, 0.25) is 0 Å². The van der Waals surface area contributed by atoms with E-state index in [4.69, 9.17) is 9.78 Å². The average molecular weight is 346 g/mol. The molecule has 0 saturated heterocycles. The summed E-state index contributed by atoms with van der Waals surface area (Å²) >= 11 is 0. The minimum atomic E-state index is -0.493. The van der Waals surface area contributed by atoms with E-state index in [1.165, 1.54) is 0 Å². The van der Waals surface area contributed by atoms with Crippen molar-refractivity contribution in [2.24, 2.45) is 0 Å². The molecule has 0 heterocycles. The van der Waals surface area contributed by atoms with E-state index in [0.29, 0.717) is 0 Å². The van der Waals surface area contributed by atoms with E-state index in [1.807, 2.05) is 95.3 Å². The molecule has 2 aromatic rings. The van der Waals surface area contributed by atoms with E-state index in [9.17, 15) is 4.39 Å². The van der Waals surface area contributed by atoms with E-state index >= 15 is 0 Å². The summed E-state index contributed by atoms with van der Waals surface area (Å²) in [6, 6.07) is 20.2. The van der Waals surface area contributed by atoms with Crippen LogP contribution in [0.1, 0.15) is 58.6 Å². The first-order valence-electron chi connectivity index (χ1n) is 8.87. The van der Waals surface area contributed by atoms with Crippen LogP contribution in [0.25, 0.3) is 0 Å². The quantitative estimate of drug-likeness (QED) is 0.417. The molecule has 0 amide bonds. The lowest BCUT2D eigenvalue weighted by molar-refractivity contribution is -0.410. The van der Waals surface area contributed by atoms with Gasteiger partial charge < -0.3 is 0 Å². The summed E-state index contributed by atoms with van der Waals surface area (Å²) in [4.78, 5) is 11.5. The number of alkyl halides is 1. The van der Waals surface area contributed by atoms with Gasteiger partial charge in [-0.3, -0.25) is 4.39 Å². The summed E-state index contributed by atoms with van der Waals surface area (Å²) in [5, 5.41) is 0. The van der Waals surface area contributed by atoms with Gasteiger partial charge in [-0.05, 0) is 45.2 Å². The topological polar surface area (TPSA) is 18.5 Å². The van der Waals surface area contributed by atoms with Gasteiger partial charge in [-0.1, -0.05) is 74.0 Å². The van der Waals surface area contributed by atoms with Crippen LogP contribution in [-0.4, -0.2) is 6.67 Å². The predicted octanol–water partition coefficient (Wildman–Crippen LogP) is 6.56. The maximum Gasteiger partial charge on any atom is 0.123 e. The Morgan fingerprint density at radius 1 is 0.720 bits per heavy atom. The molecule has 0 saturated carbocycles. The third-order valence-electron chi connectivity index (χ3n) is 3.88. The molecule has 25 heavy (non-hydrogen) atoms. The van der Waals surface area contributed by atoms with Gasteiger partial charge in [0, 0.05) is 0 Å². The molecule has 0 fully saturated rings. The van der Waals surface area contributed by atoms with Crippen LogP contribution < -0.4 is 0 Å². The first-order chi connectivity index (χ1) is 11.8. The van der Waals surface area contributed by atoms with Crippen LogP contribution in [0.5, 0.6) is 0 Å². The lowest BCUT2D eigenvalue weighted by atomic mass is 9.98. The van der Waals surface area contributed by atoms with Gasteiger partial charge in [0.1, 0.15) is 11.2 Å². The Kier molecular flexibility index (Phi) is 8.81. The Morgan fingerprint density at radius 2 is 1.08 bits per heavy atom. The predicted molar refractivity (Wildman–Crippen MR) is 102 cm³/mol. The molecular formula is C22H31FO2. The Hall–Kier alpha value is -1.71. The van der Waals surface area contributed by atoms with Gasteiger partial charge in [0.05, 0.1) is 6.67 Å². The second-order valence-electron chi connectivity index (χ2n) is 6.96. The first-order valence-corrected chi connectivity index (χ1v) is 8.87. The summed E-state index contributed by atoms with van der Waals surface area (Å²) in [5.74, 6) is 0. The fraction of sp³-hybridized carbons (Fsp3) is 0.455. The minimum absolute atomic E-state index is 0.156. The zero-order valence-electron chi connectivity index (χ0n) is 16.1. The summed E-state index contributed by atoms with van der Waals surface area (Å²) in [6.07, 6.45) is 1.69. The van der Waals surface area contributed by atoms with Crippen molar-refractivity contribution < 1.29 is 14.2 Å². The van der Waals surface area contributed by atoms with Crippen LogP contribution in [0.15, 0.2) is 60.7 Å². The van der Waals surface area contributed by atoms with Crippen molar-refractivity contribution in [2.75, 3.05) is 6.67 Å². The molecule has 2 rings (SSSR count). The fourth-order valence-electron chi connectivity index (χ4n) is 2.12. The molecule has 0 aliphatic carbocycles. The number of unbranched alkanes of at least 4 members (excludes halogenated alkanes) is 1. The minimum Gasteiger partial charge on any atom is -0.251 e.